The second-order valence-corrected chi connectivity index (χ2v) is 10.2. The van der Waals surface area contributed by atoms with Crippen molar-refractivity contribution in [1.82, 2.24) is 24.6 Å². The summed E-state index contributed by atoms with van der Waals surface area (Å²) in [7, 11) is -3.90. The Balaban J connectivity index is 1.64. The lowest BCUT2D eigenvalue weighted by atomic mass is 10.2. The molecule has 4 aromatic rings. The first kappa shape index (κ1) is 25.0. The highest BCUT2D eigenvalue weighted by molar-refractivity contribution is 7.99. The van der Waals surface area contributed by atoms with Gasteiger partial charge in [-0.1, -0.05) is 17.7 Å². The van der Waals surface area contributed by atoms with Crippen LogP contribution in [0.15, 0.2) is 87.0 Å². The zero-order chi connectivity index (χ0) is 25.7. The summed E-state index contributed by atoms with van der Waals surface area (Å²) in [6.45, 7) is 4.39. The van der Waals surface area contributed by atoms with Gasteiger partial charge in [0.25, 0.3) is 15.7 Å². The van der Waals surface area contributed by atoms with Crippen LogP contribution < -0.4 is 4.83 Å². The summed E-state index contributed by atoms with van der Waals surface area (Å²) in [5.74, 6) is 0.658. The van der Waals surface area contributed by atoms with Crippen molar-refractivity contribution in [3.8, 4) is 11.4 Å². The lowest BCUT2D eigenvalue weighted by molar-refractivity contribution is -0.384. The van der Waals surface area contributed by atoms with Gasteiger partial charge in [0.05, 0.1) is 16.0 Å². The summed E-state index contributed by atoms with van der Waals surface area (Å²) < 4.78 is 27.0. The Morgan fingerprint density at radius 3 is 2.50 bits per heavy atom. The Bertz CT molecular complexity index is 1520. The van der Waals surface area contributed by atoms with Crippen molar-refractivity contribution >= 4 is 33.7 Å². The molecule has 4 rings (SSSR count). The Hall–Kier alpha value is -4.10. The summed E-state index contributed by atoms with van der Waals surface area (Å²) in [6.07, 6.45) is 4.57. The number of non-ortho nitro benzene ring substituents is 1. The molecule has 0 saturated carbocycles. The third-order valence-electron chi connectivity index (χ3n) is 5.08. The lowest BCUT2D eigenvalue weighted by Gasteiger charge is -2.09. The van der Waals surface area contributed by atoms with E-state index in [1.54, 1.807) is 30.6 Å². The van der Waals surface area contributed by atoms with Crippen molar-refractivity contribution in [2.75, 3.05) is 0 Å². The first-order valence-corrected chi connectivity index (χ1v) is 13.0. The van der Waals surface area contributed by atoms with Crippen LogP contribution in [-0.2, 0) is 16.6 Å². The van der Waals surface area contributed by atoms with Crippen LogP contribution in [0.25, 0.3) is 11.4 Å². The number of sulfonamides is 1. The number of rotatable bonds is 9. The van der Waals surface area contributed by atoms with Crippen LogP contribution in [-0.4, -0.2) is 39.3 Å². The van der Waals surface area contributed by atoms with Gasteiger partial charge < -0.3 is 4.57 Å². The normalized spacial score (nSPS) is 11.6. The number of hydrogen-bond acceptors (Lipinski definition) is 9. The molecular weight excluding hydrogens is 502 g/mol. The highest BCUT2D eigenvalue weighted by atomic mass is 32.2. The van der Waals surface area contributed by atoms with E-state index in [0.29, 0.717) is 28.0 Å². The minimum Gasteiger partial charge on any atom is -0.302 e. The summed E-state index contributed by atoms with van der Waals surface area (Å²) in [4.78, 5) is 17.6. The number of nitro benzene ring substituents is 1. The fraction of sp³-hybridized carbons (Fsp3) is 0.130. The zero-order valence-electron chi connectivity index (χ0n) is 19.3. The SMILES string of the molecule is CCn1c(Sc2ccc([N+](=O)[O-])cc2/C=N\NS(=O)(=O)c2ccc(C)cc2)nnc1-c1ccncc1. The van der Waals surface area contributed by atoms with Gasteiger partial charge in [0.2, 0.25) is 0 Å². The number of hydrazone groups is 1. The number of aryl methyl sites for hydroxylation is 1. The molecule has 0 amide bonds. The molecule has 0 fully saturated rings. The molecule has 0 aliphatic carbocycles. The first-order chi connectivity index (χ1) is 17.3. The average Bonchev–Trinajstić information content (AvgIpc) is 3.28. The molecule has 1 N–H and O–H groups in total. The Morgan fingerprint density at radius 1 is 1.11 bits per heavy atom. The number of pyridine rings is 1. The van der Waals surface area contributed by atoms with Crippen molar-refractivity contribution in [2.24, 2.45) is 5.10 Å². The largest absolute Gasteiger partial charge is 0.302 e. The predicted octanol–water partition coefficient (Wildman–Crippen LogP) is 4.04. The van der Waals surface area contributed by atoms with Crippen LogP contribution in [0.4, 0.5) is 5.69 Å². The van der Waals surface area contributed by atoms with Crippen LogP contribution in [0.1, 0.15) is 18.1 Å². The van der Waals surface area contributed by atoms with Crippen LogP contribution >= 0.6 is 11.8 Å². The van der Waals surface area contributed by atoms with Gasteiger partial charge in [-0.25, -0.2) is 4.83 Å². The summed E-state index contributed by atoms with van der Waals surface area (Å²) in [5, 5.41) is 24.3. The standard InChI is InChI=1S/C23H21N7O4S2/c1-3-29-22(17-10-12-24-13-11-17)26-27-23(29)35-21-9-6-19(30(31)32)14-18(21)15-25-28-36(33,34)20-7-4-16(2)5-8-20/h4-15,28H,3H2,1-2H3/b25-15-. The highest BCUT2D eigenvalue weighted by Gasteiger charge is 2.18. The molecule has 2 aromatic heterocycles. The van der Waals surface area contributed by atoms with Gasteiger partial charge in [-0.3, -0.25) is 15.1 Å². The monoisotopic (exact) mass is 523 g/mol. The molecule has 184 valence electrons. The zero-order valence-corrected chi connectivity index (χ0v) is 20.9. The van der Waals surface area contributed by atoms with Gasteiger partial charge in [0, 0.05) is 47.1 Å². The fourth-order valence-electron chi connectivity index (χ4n) is 3.24. The highest BCUT2D eigenvalue weighted by Crippen LogP contribution is 2.33. The predicted molar refractivity (Wildman–Crippen MR) is 135 cm³/mol. The fourth-order valence-corrected chi connectivity index (χ4v) is 5.00. The molecule has 13 heteroatoms. The van der Waals surface area contributed by atoms with Crippen LogP contribution in [0, 0.1) is 17.0 Å². The number of benzene rings is 2. The summed E-state index contributed by atoms with van der Waals surface area (Å²) in [6, 6.07) is 14.2. The van der Waals surface area contributed by atoms with E-state index in [4.69, 9.17) is 0 Å². The smallest absolute Gasteiger partial charge is 0.276 e. The lowest BCUT2D eigenvalue weighted by Crippen LogP contribution is -2.18. The topological polar surface area (TPSA) is 145 Å². The molecule has 36 heavy (non-hydrogen) atoms. The molecular formula is C23H21N7O4S2. The van der Waals surface area contributed by atoms with Crippen molar-refractivity contribution in [1.29, 1.82) is 0 Å². The van der Waals surface area contributed by atoms with E-state index in [1.807, 2.05) is 30.5 Å². The number of nitro groups is 1. The van der Waals surface area contributed by atoms with Gasteiger partial charge in [-0.05, 0) is 55.9 Å². The molecule has 0 unspecified atom stereocenters. The van der Waals surface area contributed by atoms with E-state index >= 15 is 0 Å². The second kappa shape index (κ2) is 10.7. The molecule has 2 aromatic carbocycles. The van der Waals surface area contributed by atoms with Crippen molar-refractivity contribution < 1.29 is 13.3 Å². The molecule has 0 aliphatic rings. The van der Waals surface area contributed by atoms with Gasteiger partial charge in [0.15, 0.2) is 11.0 Å². The van der Waals surface area contributed by atoms with Gasteiger partial charge in [-0.2, -0.15) is 13.5 Å². The van der Waals surface area contributed by atoms with E-state index in [9.17, 15) is 18.5 Å². The van der Waals surface area contributed by atoms with E-state index in [-0.39, 0.29) is 10.6 Å². The molecule has 0 atom stereocenters. The number of aromatic nitrogens is 4. The molecule has 2 heterocycles. The minimum atomic E-state index is -3.90. The van der Waals surface area contributed by atoms with E-state index < -0.39 is 14.9 Å². The van der Waals surface area contributed by atoms with Crippen LogP contribution in [0.2, 0.25) is 0 Å². The maximum atomic E-state index is 12.5. The molecule has 11 nitrogen and oxygen atoms in total. The van der Waals surface area contributed by atoms with Crippen molar-refractivity contribution in [3.63, 3.8) is 0 Å². The molecule has 0 radical (unpaired) electrons. The van der Waals surface area contributed by atoms with Gasteiger partial charge >= 0.3 is 0 Å². The summed E-state index contributed by atoms with van der Waals surface area (Å²) >= 11 is 1.24. The van der Waals surface area contributed by atoms with E-state index in [2.05, 4.69) is 25.1 Å². The number of nitrogens with one attached hydrogen (secondary N) is 1. The van der Waals surface area contributed by atoms with E-state index in [1.165, 1.54) is 42.2 Å². The number of nitrogens with zero attached hydrogens (tertiary/aromatic N) is 6. The Kier molecular flexibility index (Phi) is 7.41. The quantitative estimate of drug-likeness (QED) is 0.196. The Morgan fingerprint density at radius 2 is 1.83 bits per heavy atom. The Labute approximate surface area is 211 Å². The van der Waals surface area contributed by atoms with Gasteiger partial charge in [-0.15, -0.1) is 10.2 Å². The molecule has 0 bridgehead atoms. The van der Waals surface area contributed by atoms with Crippen LogP contribution in [0.3, 0.4) is 0 Å². The molecule has 0 saturated heterocycles. The third-order valence-corrected chi connectivity index (χ3v) is 7.40. The summed E-state index contributed by atoms with van der Waals surface area (Å²) in [5.41, 5.74) is 1.96. The second-order valence-electron chi connectivity index (χ2n) is 7.53. The third kappa shape index (κ3) is 5.58. The first-order valence-electron chi connectivity index (χ1n) is 10.7. The maximum absolute atomic E-state index is 12.5. The van der Waals surface area contributed by atoms with E-state index in [0.717, 1.165) is 11.1 Å². The molecule has 0 aliphatic heterocycles. The average molecular weight is 524 g/mol. The number of hydrogen-bond donors (Lipinski definition) is 1. The van der Waals surface area contributed by atoms with Crippen molar-refractivity contribution in [2.45, 2.75) is 35.3 Å². The minimum absolute atomic E-state index is 0.0542. The van der Waals surface area contributed by atoms with Gasteiger partial charge in [0.1, 0.15) is 0 Å². The van der Waals surface area contributed by atoms with Crippen LogP contribution in [0.5, 0.6) is 0 Å². The van der Waals surface area contributed by atoms with Crippen molar-refractivity contribution in [3.05, 3.63) is 88.2 Å². The molecule has 0 spiro atoms. The maximum Gasteiger partial charge on any atom is 0.276 e.